The van der Waals surface area contributed by atoms with Crippen LogP contribution in [0.25, 0.3) is 10.9 Å². The Morgan fingerprint density at radius 3 is 2.78 bits per heavy atom. The third-order valence-electron chi connectivity index (χ3n) is 4.52. The van der Waals surface area contributed by atoms with Gasteiger partial charge in [-0.05, 0) is 43.4 Å². The van der Waals surface area contributed by atoms with Gasteiger partial charge >= 0.3 is 0 Å². The molecule has 2 aromatic heterocycles. The fraction of sp³-hybridized carbons (Fsp3) is 0.294. The Hall–Kier alpha value is -2.18. The van der Waals surface area contributed by atoms with E-state index in [1.807, 2.05) is 6.20 Å². The van der Waals surface area contributed by atoms with Gasteiger partial charge in [0.25, 0.3) is 5.69 Å². The molecule has 1 N–H and O–H groups in total. The van der Waals surface area contributed by atoms with Gasteiger partial charge < -0.3 is 4.98 Å². The monoisotopic (exact) mass is 327 g/mol. The number of nitrogens with zero attached hydrogens (tertiary/aromatic N) is 2. The topological polar surface area (TPSA) is 62.2 Å². The number of aromatic amines is 1. The second kappa shape index (κ2) is 5.79. The van der Waals surface area contributed by atoms with Gasteiger partial charge in [0.15, 0.2) is 0 Å². The number of fused-ring (bicyclic) bond motifs is 1. The van der Waals surface area contributed by atoms with E-state index < -0.39 is 0 Å². The molecule has 1 atom stereocenters. The Kier molecular flexibility index (Phi) is 3.63. The predicted molar refractivity (Wildman–Crippen MR) is 91.9 cm³/mol. The summed E-state index contributed by atoms with van der Waals surface area (Å²) in [6.45, 7) is 2.15. The number of nitrogens with one attached hydrogen (secondary N) is 1. The average Bonchev–Trinajstić information content (AvgIpc) is 3.30. The lowest BCUT2D eigenvalue weighted by Crippen LogP contribution is -2.25. The molecule has 1 saturated heterocycles. The maximum absolute atomic E-state index is 11.1. The zero-order valence-corrected chi connectivity index (χ0v) is 13.4. The highest BCUT2D eigenvalue weighted by Crippen LogP contribution is 2.38. The molecular formula is C17H17N3O2S. The highest BCUT2D eigenvalue weighted by Gasteiger charge is 2.28. The number of likely N-dealkylation sites (tertiary alicyclic amines) is 1. The Morgan fingerprint density at radius 1 is 1.26 bits per heavy atom. The zero-order chi connectivity index (χ0) is 15.8. The summed E-state index contributed by atoms with van der Waals surface area (Å²) in [5.41, 5.74) is 2.23. The minimum Gasteiger partial charge on any atom is -0.361 e. The molecule has 0 saturated carbocycles. The second-order valence-electron chi connectivity index (χ2n) is 5.89. The summed E-state index contributed by atoms with van der Waals surface area (Å²) in [5, 5.41) is 14.2. The van der Waals surface area contributed by atoms with Crippen molar-refractivity contribution in [3.8, 4) is 0 Å². The molecule has 3 aromatic rings. The summed E-state index contributed by atoms with van der Waals surface area (Å²) in [4.78, 5) is 17.8. The van der Waals surface area contributed by atoms with Crippen molar-refractivity contribution < 1.29 is 4.92 Å². The summed E-state index contributed by atoms with van der Waals surface area (Å²) < 4.78 is 0. The number of aromatic nitrogens is 1. The number of rotatable bonds is 4. The number of hydrogen-bond donors (Lipinski definition) is 1. The van der Waals surface area contributed by atoms with Crippen LogP contribution in [0.3, 0.4) is 0 Å². The first-order chi connectivity index (χ1) is 11.2. The van der Waals surface area contributed by atoms with Crippen molar-refractivity contribution in [2.24, 2.45) is 0 Å². The van der Waals surface area contributed by atoms with Crippen molar-refractivity contribution in [3.63, 3.8) is 0 Å². The minimum absolute atomic E-state index is 0.143. The summed E-state index contributed by atoms with van der Waals surface area (Å²) in [5.74, 6) is 0. The van der Waals surface area contributed by atoms with Crippen molar-refractivity contribution in [1.29, 1.82) is 0 Å². The number of benzene rings is 1. The number of nitro benzene ring substituents is 1. The maximum Gasteiger partial charge on any atom is 0.270 e. The van der Waals surface area contributed by atoms with Crippen LogP contribution in [-0.2, 0) is 0 Å². The zero-order valence-electron chi connectivity index (χ0n) is 12.6. The van der Waals surface area contributed by atoms with Gasteiger partial charge in [-0.3, -0.25) is 15.0 Å². The van der Waals surface area contributed by atoms with Crippen LogP contribution in [0.1, 0.15) is 29.3 Å². The lowest BCUT2D eigenvalue weighted by Gasteiger charge is -2.26. The highest BCUT2D eigenvalue weighted by molar-refractivity contribution is 7.10. The van der Waals surface area contributed by atoms with Crippen molar-refractivity contribution in [2.45, 2.75) is 18.9 Å². The Labute approximate surface area is 137 Å². The second-order valence-corrected chi connectivity index (χ2v) is 6.87. The summed E-state index contributed by atoms with van der Waals surface area (Å²) >= 11 is 1.75. The van der Waals surface area contributed by atoms with Gasteiger partial charge in [0, 0.05) is 39.7 Å². The molecule has 23 heavy (non-hydrogen) atoms. The molecule has 1 fully saturated rings. The van der Waals surface area contributed by atoms with Crippen LogP contribution in [0.15, 0.2) is 41.9 Å². The van der Waals surface area contributed by atoms with Crippen molar-refractivity contribution >= 4 is 27.9 Å². The molecule has 1 aromatic carbocycles. The molecular weight excluding hydrogens is 310 g/mol. The van der Waals surface area contributed by atoms with E-state index in [0.717, 1.165) is 29.6 Å². The van der Waals surface area contributed by atoms with E-state index in [1.54, 1.807) is 29.5 Å². The number of nitro groups is 1. The quantitative estimate of drug-likeness (QED) is 0.573. The lowest BCUT2D eigenvalue weighted by atomic mass is 10.0. The molecule has 0 aliphatic carbocycles. The van der Waals surface area contributed by atoms with E-state index in [0.29, 0.717) is 0 Å². The van der Waals surface area contributed by atoms with E-state index in [4.69, 9.17) is 0 Å². The standard InChI is InChI=1S/C17H17N3O2S/c21-20(22)12-5-6-15-13(10-12)14(11-18-15)17(16-4-3-9-23-16)19-7-1-2-8-19/h3-6,9-11,17-18H,1-2,7-8H2. The first kappa shape index (κ1) is 14.4. The van der Waals surface area contributed by atoms with Gasteiger partial charge in [0.2, 0.25) is 0 Å². The van der Waals surface area contributed by atoms with Crippen molar-refractivity contribution in [1.82, 2.24) is 9.88 Å². The van der Waals surface area contributed by atoms with Gasteiger partial charge in [-0.1, -0.05) is 6.07 Å². The smallest absolute Gasteiger partial charge is 0.270 e. The molecule has 1 aliphatic rings. The SMILES string of the molecule is O=[N+]([O-])c1ccc2[nH]cc(C(c3cccs3)N3CCCC3)c2c1. The van der Waals surface area contributed by atoms with Crippen LogP contribution in [0, 0.1) is 10.1 Å². The van der Waals surface area contributed by atoms with Gasteiger partial charge in [0.05, 0.1) is 11.0 Å². The largest absolute Gasteiger partial charge is 0.361 e. The van der Waals surface area contributed by atoms with Crippen LogP contribution in [-0.4, -0.2) is 27.9 Å². The van der Waals surface area contributed by atoms with Gasteiger partial charge in [-0.15, -0.1) is 11.3 Å². The first-order valence-electron chi connectivity index (χ1n) is 7.77. The summed E-state index contributed by atoms with van der Waals surface area (Å²) in [6, 6.07) is 9.45. The third kappa shape index (κ3) is 2.54. The van der Waals surface area contributed by atoms with Crippen LogP contribution in [0.5, 0.6) is 0 Å². The minimum atomic E-state index is -0.327. The van der Waals surface area contributed by atoms with Crippen LogP contribution < -0.4 is 0 Å². The molecule has 4 rings (SSSR count). The van der Waals surface area contributed by atoms with Gasteiger partial charge in [-0.2, -0.15) is 0 Å². The first-order valence-corrected chi connectivity index (χ1v) is 8.65. The van der Waals surface area contributed by atoms with Gasteiger partial charge in [-0.25, -0.2) is 0 Å². The summed E-state index contributed by atoms with van der Waals surface area (Å²) in [7, 11) is 0. The number of non-ortho nitro benzene ring substituents is 1. The average molecular weight is 327 g/mol. The van der Waals surface area contributed by atoms with E-state index in [2.05, 4.69) is 27.4 Å². The molecule has 3 heterocycles. The fourth-order valence-corrected chi connectivity index (χ4v) is 4.32. The van der Waals surface area contributed by atoms with Crippen molar-refractivity contribution in [2.75, 3.05) is 13.1 Å². The molecule has 0 radical (unpaired) electrons. The molecule has 0 bridgehead atoms. The molecule has 0 spiro atoms. The molecule has 5 nitrogen and oxygen atoms in total. The molecule has 118 valence electrons. The Balaban J connectivity index is 1.86. The molecule has 1 unspecified atom stereocenters. The Morgan fingerprint density at radius 2 is 2.09 bits per heavy atom. The van der Waals surface area contributed by atoms with Crippen LogP contribution >= 0.6 is 11.3 Å². The van der Waals surface area contributed by atoms with E-state index in [9.17, 15) is 10.1 Å². The van der Waals surface area contributed by atoms with E-state index >= 15 is 0 Å². The maximum atomic E-state index is 11.1. The normalized spacial score (nSPS) is 16.9. The third-order valence-corrected chi connectivity index (χ3v) is 5.45. The molecule has 6 heteroatoms. The van der Waals surface area contributed by atoms with E-state index in [1.165, 1.54) is 17.7 Å². The molecule has 1 aliphatic heterocycles. The van der Waals surface area contributed by atoms with Gasteiger partial charge in [0.1, 0.15) is 0 Å². The number of hydrogen-bond acceptors (Lipinski definition) is 4. The van der Waals surface area contributed by atoms with Crippen molar-refractivity contribution in [3.05, 3.63) is 62.5 Å². The fourth-order valence-electron chi connectivity index (χ4n) is 3.45. The van der Waals surface area contributed by atoms with Crippen LogP contribution in [0.4, 0.5) is 5.69 Å². The molecule has 0 amide bonds. The van der Waals surface area contributed by atoms with E-state index in [-0.39, 0.29) is 16.7 Å². The predicted octanol–water partition coefficient (Wildman–Crippen LogP) is 4.32. The number of thiophene rings is 1. The summed E-state index contributed by atoms with van der Waals surface area (Å²) in [6.07, 6.45) is 4.44. The van der Waals surface area contributed by atoms with Crippen LogP contribution in [0.2, 0.25) is 0 Å². The number of H-pyrrole nitrogens is 1. The lowest BCUT2D eigenvalue weighted by molar-refractivity contribution is -0.384. The highest BCUT2D eigenvalue weighted by atomic mass is 32.1. The Bertz CT molecular complexity index is 835.